The van der Waals surface area contributed by atoms with Crippen molar-refractivity contribution >= 4 is 16.3 Å². The predicted octanol–water partition coefficient (Wildman–Crippen LogP) is 3.75. The van der Waals surface area contributed by atoms with E-state index in [-0.39, 0.29) is 18.1 Å². The van der Waals surface area contributed by atoms with Crippen molar-refractivity contribution in [2.45, 2.75) is 44.7 Å². The minimum Gasteiger partial charge on any atom is -0.390 e. The molecule has 8 heteroatoms. The SMILES string of the molecule is Nc1sc2c(c1-c1nc(CCC(F)(F)F)no1)CCCC2. The van der Waals surface area contributed by atoms with Crippen LogP contribution >= 0.6 is 11.3 Å². The summed E-state index contributed by atoms with van der Waals surface area (Å²) in [7, 11) is 0. The summed E-state index contributed by atoms with van der Waals surface area (Å²) in [6.07, 6.45) is -1.36. The summed E-state index contributed by atoms with van der Waals surface area (Å²) < 4.78 is 41.7. The van der Waals surface area contributed by atoms with E-state index in [0.29, 0.717) is 5.00 Å². The Labute approximate surface area is 123 Å². The molecule has 0 spiro atoms. The third-order valence-electron chi connectivity index (χ3n) is 3.51. The molecule has 0 saturated carbocycles. The highest BCUT2D eigenvalue weighted by Gasteiger charge is 2.28. The normalized spacial score (nSPS) is 15.2. The quantitative estimate of drug-likeness (QED) is 0.936. The summed E-state index contributed by atoms with van der Waals surface area (Å²) in [6, 6.07) is 0. The van der Waals surface area contributed by atoms with Crippen LogP contribution in [0, 0.1) is 0 Å². The van der Waals surface area contributed by atoms with Crippen LogP contribution in [0.5, 0.6) is 0 Å². The monoisotopic (exact) mass is 317 g/mol. The number of anilines is 1. The maximum Gasteiger partial charge on any atom is 0.389 e. The highest BCUT2D eigenvalue weighted by molar-refractivity contribution is 7.16. The van der Waals surface area contributed by atoms with Gasteiger partial charge in [0.2, 0.25) is 0 Å². The molecule has 0 amide bonds. The van der Waals surface area contributed by atoms with Crippen molar-refractivity contribution in [3.8, 4) is 11.5 Å². The van der Waals surface area contributed by atoms with Crippen LogP contribution in [0.25, 0.3) is 11.5 Å². The van der Waals surface area contributed by atoms with Crippen LogP contribution in [-0.4, -0.2) is 16.3 Å². The molecule has 1 aliphatic carbocycles. The van der Waals surface area contributed by atoms with Crippen LogP contribution in [0.1, 0.15) is 35.5 Å². The average molecular weight is 317 g/mol. The van der Waals surface area contributed by atoms with E-state index in [2.05, 4.69) is 10.1 Å². The van der Waals surface area contributed by atoms with Crippen LogP contribution in [0.3, 0.4) is 0 Å². The van der Waals surface area contributed by atoms with E-state index in [9.17, 15) is 13.2 Å². The van der Waals surface area contributed by atoms with Crippen molar-refractivity contribution in [1.29, 1.82) is 0 Å². The van der Waals surface area contributed by atoms with Crippen molar-refractivity contribution in [2.75, 3.05) is 5.73 Å². The highest BCUT2D eigenvalue weighted by Crippen LogP contribution is 2.41. The number of alkyl halides is 3. The molecule has 2 N–H and O–H groups in total. The first-order valence-electron chi connectivity index (χ1n) is 6.74. The lowest BCUT2D eigenvalue weighted by Crippen LogP contribution is -2.09. The molecule has 2 heterocycles. The van der Waals surface area contributed by atoms with Crippen molar-refractivity contribution in [3.05, 3.63) is 16.3 Å². The molecular weight excluding hydrogens is 303 g/mol. The first-order valence-corrected chi connectivity index (χ1v) is 7.55. The Kier molecular flexibility index (Phi) is 3.64. The van der Waals surface area contributed by atoms with Crippen molar-refractivity contribution in [3.63, 3.8) is 0 Å². The smallest absolute Gasteiger partial charge is 0.389 e. The van der Waals surface area contributed by atoms with E-state index >= 15 is 0 Å². The number of nitrogens with zero attached hydrogens (tertiary/aromatic N) is 2. The lowest BCUT2D eigenvalue weighted by atomic mass is 9.95. The molecule has 3 rings (SSSR count). The Morgan fingerprint density at radius 3 is 2.76 bits per heavy atom. The zero-order chi connectivity index (χ0) is 15.0. The zero-order valence-corrected chi connectivity index (χ0v) is 12.0. The molecule has 0 radical (unpaired) electrons. The Balaban J connectivity index is 1.85. The number of aromatic nitrogens is 2. The maximum atomic E-state index is 12.2. The Morgan fingerprint density at radius 1 is 1.24 bits per heavy atom. The molecule has 21 heavy (non-hydrogen) atoms. The van der Waals surface area contributed by atoms with Crippen LogP contribution < -0.4 is 5.73 Å². The van der Waals surface area contributed by atoms with Gasteiger partial charge in [-0.15, -0.1) is 11.3 Å². The van der Waals surface area contributed by atoms with Gasteiger partial charge in [0.15, 0.2) is 5.82 Å². The molecule has 1 aliphatic rings. The van der Waals surface area contributed by atoms with Crippen LogP contribution in [-0.2, 0) is 19.3 Å². The number of nitrogens with two attached hydrogens (primary N) is 1. The van der Waals surface area contributed by atoms with E-state index in [1.807, 2.05) is 0 Å². The largest absolute Gasteiger partial charge is 0.390 e. The standard InChI is InChI=1S/C13H14F3N3OS/c14-13(15,16)6-5-9-18-12(20-19-9)10-7-3-1-2-4-8(7)21-11(10)17/h1-6,17H2. The van der Waals surface area contributed by atoms with Gasteiger partial charge in [-0.1, -0.05) is 5.16 Å². The molecule has 2 aromatic rings. The summed E-state index contributed by atoms with van der Waals surface area (Å²) in [5.74, 6) is 0.307. The molecule has 0 unspecified atom stereocenters. The molecule has 0 saturated heterocycles. The van der Waals surface area contributed by atoms with Gasteiger partial charge in [0.1, 0.15) is 0 Å². The molecule has 0 fully saturated rings. The van der Waals surface area contributed by atoms with E-state index < -0.39 is 12.6 Å². The first kappa shape index (κ1) is 14.4. The van der Waals surface area contributed by atoms with Crippen LogP contribution in [0.2, 0.25) is 0 Å². The van der Waals surface area contributed by atoms with E-state index in [0.717, 1.165) is 36.8 Å². The Morgan fingerprint density at radius 2 is 2.00 bits per heavy atom. The first-order chi connectivity index (χ1) is 9.94. The molecule has 4 nitrogen and oxygen atoms in total. The van der Waals surface area contributed by atoms with Crippen LogP contribution in [0.15, 0.2) is 4.52 Å². The molecule has 2 aromatic heterocycles. The minimum atomic E-state index is -4.22. The van der Waals surface area contributed by atoms with Crippen LogP contribution in [0.4, 0.5) is 18.2 Å². The number of hydrogen-bond acceptors (Lipinski definition) is 5. The van der Waals surface area contributed by atoms with E-state index in [1.165, 1.54) is 16.2 Å². The van der Waals surface area contributed by atoms with Gasteiger partial charge in [0, 0.05) is 11.3 Å². The second kappa shape index (κ2) is 5.32. The fourth-order valence-corrected chi connectivity index (χ4v) is 3.68. The van der Waals surface area contributed by atoms with Crippen molar-refractivity contribution < 1.29 is 17.7 Å². The average Bonchev–Trinajstić information content (AvgIpc) is 2.98. The molecule has 0 atom stereocenters. The molecule has 0 bridgehead atoms. The number of aryl methyl sites for hydroxylation is 2. The van der Waals surface area contributed by atoms with E-state index in [1.54, 1.807) is 0 Å². The second-order valence-corrected chi connectivity index (χ2v) is 6.22. The zero-order valence-electron chi connectivity index (χ0n) is 11.2. The lowest BCUT2D eigenvalue weighted by molar-refractivity contribution is -0.134. The van der Waals surface area contributed by atoms with Gasteiger partial charge in [0.25, 0.3) is 5.89 Å². The van der Waals surface area contributed by atoms with Gasteiger partial charge in [-0.05, 0) is 31.2 Å². The van der Waals surface area contributed by atoms with Gasteiger partial charge >= 0.3 is 6.18 Å². The number of thiophene rings is 1. The summed E-state index contributed by atoms with van der Waals surface area (Å²) in [5, 5.41) is 4.23. The number of halogens is 3. The third kappa shape index (κ3) is 3.04. The molecule has 114 valence electrons. The summed E-state index contributed by atoms with van der Waals surface area (Å²) in [5.41, 5.74) is 7.86. The maximum absolute atomic E-state index is 12.2. The fraction of sp³-hybridized carbons (Fsp3) is 0.538. The molecule has 0 aliphatic heterocycles. The summed E-state index contributed by atoms with van der Waals surface area (Å²) in [4.78, 5) is 5.30. The second-order valence-electron chi connectivity index (χ2n) is 5.08. The topological polar surface area (TPSA) is 64.9 Å². The predicted molar refractivity (Wildman–Crippen MR) is 73.0 cm³/mol. The van der Waals surface area contributed by atoms with E-state index in [4.69, 9.17) is 10.3 Å². The fourth-order valence-electron chi connectivity index (χ4n) is 2.53. The van der Waals surface area contributed by atoms with Gasteiger partial charge in [-0.3, -0.25) is 0 Å². The van der Waals surface area contributed by atoms with Gasteiger partial charge in [-0.2, -0.15) is 18.2 Å². The molecular formula is C13H14F3N3OS. The van der Waals surface area contributed by atoms with Gasteiger partial charge in [-0.25, -0.2) is 0 Å². The number of rotatable bonds is 3. The summed E-state index contributed by atoms with van der Waals surface area (Å²) in [6.45, 7) is 0. The minimum absolute atomic E-state index is 0.0671. The highest BCUT2D eigenvalue weighted by atomic mass is 32.1. The Bertz CT molecular complexity index is 648. The number of nitrogen functional groups attached to an aromatic ring is 1. The van der Waals surface area contributed by atoms with Gasteiger partial charge in [0.05, 0.1) is 17.0 Å². The molecule has 0 aromatic carbocycles. The van der Waals surface area contributed by atoms with Gasteiger partial charge < -0.3 is 10.3 Å². The van der Waals surface area contributed by atoms with Crippen molar-refractivity contribution in [2.24, 2.45) is 0 Å². The third-order valence-corrected chi connectivity index (χ3v) is 4.63. The Hall–Kier alpha value is -1.57. The summed E-state index contributed by atoms with van der Waals surface area (Å²) >= 11 is 1.51. The lowest BCUT2D eigenvalue weighted by Gasteiger charge is -2.10. The number of fused-ring (bicyclic) bond motifs is 1. The van der Waals surface area contributed by atoms with Crippen molar-refractivity contribution in [1.82, 2.24) is 10.1 Å². The number of hydrogen-bond donors (Lipinski definition) is 1.